The second kappa shape index (κ2) is 5.41. The molecule has 0 radical (unpaired) electrons. The molecule has 0 aliphatic heterocycles. The zero-order valence-corrected chi connectivity index (χ0v) is 11.9. The average molecular weight is 267 g/mol. The molecule has 0 heterocycles. The van der Waals surface area contributed by atoms with Crippen LogP contribution in [0.25, 0.3) is 0 Å². The molecular weight excluding hydrogens is 246 g/mol. The SMILES string of the molecule is Cc1cccc(S(=O)(=O)N(C)C2CCCCC2)c1. The van der Waals surface area contributed by atoms with Crippen molar-refractivity contribution in [3.05, 3.63) is 29.8 Å². The summed E-state index contributed by atoms with van der Waals surface area (Å²) in [6, 6.07) is 7.32. The molecule has 2 rings (SSSR count). The van der Waals surface area contributed by atoms with E-state index in [1.807, 2.05) is 13.0 Å². The van der Waals surface area contributed by atoms with Gasteiger partial charge >= 0.3 is 0 Å². The summed E-state index contributed by atoms with van der Waals surface area (Å²) < 4.78 is 26.6. The first kappa shape index (κ1) is 13.6. The van der Waals surface area contributed by atoms with E-state index in [0.717, 1.165) is 31.2 Å². The Hall–Kier alpha value is -0.870. The number of hydrogen-bond acceptors (Lipinski definition) is 2. The number of aryl methyl sites for hydroxylation is 1. The lowest BCUT2D eigenvalue weighted by molar-refractivity contribution is 0.286. The van der Waals surface area contributed by atoms with E-state index in [4.69, 9.17) is 0 Å². The van der Waals surface area contributed by atoms with Crippen molar-refractivity contribution in [3.8, 4) is 0 Å². The lowest BCUT2D eigenvalue weighted by Crippen LogP contribution is -2.38. The quantitative estimate of drug-likeness (QED) is 0.844. The molecule has 1 fully saturated rings. The minimum atomic E-state index is -3.33. The van der Waals surface area contributed by atoms with Crippen LogP contribution in [0.3, 0.4) is 0 Å². The molecular formula is C14H21NO2S. The smallest absolute Gasteiger partial charge is 0.207 e. The van der Waals surface area contributed by atoms with Crippen LogP contribution in [-0.2, 0) is 10.0 Å². The van der Waals surface area contributed by atoms with Crippen LogP contribution in [-0.4, -0.2) is 25.8 Å². The number of nitrogens with zero attached hydrogens (tertiary/aromatic N) is 1. The van der Waals surface area contributed by atoms with Gasteiger partial charge in [0.1, 0.15) is 0 Å². The van der Waals surface area contributed by atoms with Gasteiger partial charge in [-0.15, -0.1) is 0 Å². The van der Waals surface area contributed by atoms with Crippen molar-refractivity contribution in [1.82, 2.24) is 4.31 Å². The largest absolute Gasteiger partial charge is 0.243 e. The fourth-order valence-corrected chi connectivity index (χ4v) is 4.10. The maximum absolute atomic E-state index is 12.5. The minimum absolute atomic E-state index is 0.171. The number of hydrogen-bond donors (Lipinski definition) is 0. The Bertz CT molecular complexity index is 504. The van der Waals surface area contributed by atoms with Gasteiger partial charge < -0.3 is 0 Å². The molecule has 0 saturated heterocycles. The van der Waals surface area contributed by atoms with Gasteiger partial charge in [0.05, 0.1) is 4.90 Å². The van der Waals surface area contributed by atoms with Crippen molar-refractivity contribution in [3.63, 3.8) is 0 Å². The topological polar surface area (TPSA) is 37.4 Å². The van der Waals surface area contributed by atoms with Crippen molar-refractivity contribution in [1.29, 1.82) is 0 Å². The third-order valence-corrected chi connectivity index (χ3v) is 5.66. The van der Waals surface area contributed by atoms with E-state index in [0.29, 0.717) is 4.90 Å². The van der Waals surface area contributed by atoms with Crippen LogP contribution in [0.1, 0.15) is 37.7 Å². The Labute approximate surface area is 110 Å². The summed E-state index contributed by atoms with van der Waals surface area (Å²) in [4.78, 5) is 0.413. The zero-order chi connectivity index (χ0) is 13.2. The van der Waals surface area contributed by atoms with E-state index in [1.54, 1.807) is 29.6 Å². The van der Waals surface area contributed by atoms with Crippen LogP contribution < -0.4 is 0 Å². The molecule has 1 aliphatic carbocycles. The van der Waals surface area contributed by atoms with Crippen LogP contribution >= 0.6 is 0 Å². The molecule has 1 saturated carbocycles. The van der Waals surface area contributed by atoms with E-state index in [1.165, 1.54) is 6.42 Å². The normalized spacial score (nSPS) is 18.2. The van der Waals surface area contributed by atoms with E-state index < -0.39 is 10.0 Å². The summed E-state index contributed by atoms with van der Waals surface area (Å²) in [7, 11) is -1.61. The third kappa shape index (κ3) is 2.75. The average Bonchev–Trinajstić information content (AvgIpc) is 2.39. The highest BCUT2D eigenvalue weighted by Gasteiger charge is 2.28. The molecule has 1 aromatic rings. The highest BCUT2D eigenvalue weighted by atomic mass is 32.2. The zero-order valence-electron chi connectivity index (χ0n) is 11.1. The van der Waals surface area contributed by atoms with Crippen LogP contribution in [0, 0.1) is 6.92 Å². The summed E-state index contributed by atoms with van der Waals surface area (Å²) >= 11 is 0. The molecule has 4 heteroatoms. The second-order valence-electron chi connectivity index (χ2n) is 5.13. The molecule has 18 heavy (non-hydrogen) atoms. The molecule has 0 N–H and O–H groups in total. The first-order valence-corrected chi connectivity index (χ1v) is 8.00. The van der Waals surface area contributed by atoms with Crippen LogP contribution in [0.5, 0.6) is 0 Å². The fraction of sp³-hybridized carbons (Fsp3) is 0.571. The van der Waals surface area contributed by atoms with Gasteiger partial charge in [0.15, 0.2) is 0 Å². The third-order valence-electron chi connectivity index (χ3n) is 3.76. The molecule has 3 nitrogen and oxygen atoms in total. The lowest BCUT2D eigenvalue weighted by Gasteiger charge is -2.30. The molecule has 1 aromatic carbocycles. The monoisotopic (exact) mass is 267 g/mol. The number of sulfonamides is 1. The van der Waals surface area contributed by atoms with E-state index in [9.17, 15) is 8.42 Å². The maximum Gasteiger partial charge on any atom is 0.243 e. The van der Waals surface area contributed by atoms with Gasteiger partial charge in [0.25, 0.3) is 0 Å². The summed E-state index contributed by atoms with van der Waals surface area (Å²) in [6.45, 7) is 1.92. The predicted octanol–water partition coefficient (Wildman–Crippen LogP) is 2.95. The Kier molecular flexibility index (Phi) is 4.07. The van der Waals surface area contributed by atoms with Crippen LogP contribution in [0.2, 0.25) is 0 Å². The Balaban J connectivity index is 2.24. The molecule has 0 spiro atoms. The van der Waals surface area contributed by atoms with Gasteiger partial charge in [-0.05, 0) is 37.5 Å². The van der Waals surface area contributed by atoms with Crippen molar-refractivity contribution in [2.75, 3.05) is 7.05 Å². The van der Waals surface area contributed by atoms with E-state index >= 15 is 0 Å². The molecule has 1 aliphatic rings. The van der Waals surface area contributed by atoms with Crippen LogP contribution in [0.4, 0.5) is 0 Å². The Morgan fingerprint density at radius 2 is 1.83 bits per heavy atom. The summed E-state index contributed by atoms with van der Waals surface area (Å²) in [6.07, 6.45) is 5.48. The van der Waals surface area contributed by atoms with E-state index in [-0.39, 0.29) is 6.04 Å². The predicted molar refractivity (Wildman–Crippen MR) is 73.0 cm³/mol. The van der Waals surface area contributed by atoms with Gasteiger partial charge in [-0.3, -0.25) is 0 Å². The maximum atomic E-state index is 12.5. The van der Waals surface area contributed by atoms with Crippen LogP contribution in [0.15, 0.2) is 29.2 Å². The standard InChI is InChI=1S/C14H21NO2S/c1-12-7-6-10-14(11-12)18(16,17)15(2)13-8-4-3-5-9-13/h6-7,10-11,13H,3-5,8-9H2,1-2H3. The van der Waals surface area contributed by atoms with Crippen molar-refractivity contribution in [2.24, 2.45) is 0 Å². The Morgan fingerprint density at radius 1 is 1.17 bits per heavy atom. The summed E-state index contributed by atoms with van der Waals surface area (Å²) in [5.74, 6) is 0. The second-order valence-corrected chi connectivity index (χ2v) is 7.13. The molecule has 100 valence electrons. The molecule has 0 amide bonds. The summed E-state index contributed by atoms with van der Waals surface area (Å²) in [5, 5.41) is 0. The van der Waals surface area contributed by atoms with E-state index in [2.05, 4.69) is 0 Å². The molecule has 0 atom stereocenters. The van der Waals surface area contributed by atoms with Crippen molar-refractivity contribution >= 4 is 10.0 Å². The molecule has 0 aromatic heterocycles. The lowest BCUT2D eigenvalue weighted by atomic mass is 9.96. The van der Waals surface area contributed by atoms with Gasteiger partial charge in [-0.2, -0.15) is 4.31 Å². The molecule has 0 unspecified atom stereocenters. The summed E-state index contributed by atoms with van der Waals surface area (Å²) in [5.41, 5.74) is 0.980. The van der Waals surface area contributed by atoms with Gasteiger partial charge in [-0.1, -0.05) is 31.4 Å². The highest BCUT2D eigenvalue weighted by Crippen LogP contribution is 2.26. The van der Waals surface area contributed by atoms with Gasteiger partial charge in [0, 0.05) is 13.1 Å². The highest BCUT2D eigenvalue weighted by molar-refractivity contribution is 7.89. The fourth-order valence-electron chi connectivity index (χ4n) is 2.58. The van der Waals surface area contributed by atoms with Gasteiger partial charge in [0.2, 0.25) is 10.0 Å². The van der Waals surface area contributed by atoms with Gasteiger partial charge in [-0.25, -0.2) is 8.42 Å². The van der Waals surface area contributed by atoms with Crippen molar-refractivity contribution < 1.29 is 8.42 Å². The Morgan fingerprint density at radius 3 is 2.44 bits per heavy atom. The minimum Gasteiger partial charge on any atom is -0.207 e. The first-order valence-electron chi connectivity index (χ1n) is 6.56. The number of benzene rings is 1. The molecule has 0 bridgehead atoms. The first-order chi connectivity index (χ1) is 8.51. The number of rotatable bonds is 3. The van der Waals surface area contributed by atoms with Crippen molar-refractivity contribution in [2.45, 2.75) is 50.0 Å².